The van der Waals surface area contributed by atoms with Gasteiger partial charge in [0.1, 0.15) is 11.2 Å². The van der Waals surface area contributed by atoms with E-state index in [0.29, 0.717) is 18.7 Å². The van der Waals surface area contributed by atoms with Crippen LogP contribution in [0.2, 0.25) is 0 Å². The second kappa shape index (κ2) is 5.07. The highest BCUT2D eigenvalue weighted by molar-refractivity contribution is 9.10. The molecular weight excluding hydrogens is 294 g/mol. The Morgan fingerprint density at radius 2 is 2.17 bits per heavy atom. The van der Waals surface area contributed by atoms with Gasteiger partial charge in [0.15, 0.2) is 0 Å². The van der Waals surface area contributed by atoms with Crippen molar-refractivity contribution in [2.75, 3.05) is 5.32 Å². The highest BCUT2D eigenvalue weighted by atomic mass is 79.9. The third-order valence-corrected chi connectivity index (χ3v) is 4.21. The Hall–Kier alpha value is -1.41. The molecule has 0 unspecified atom stereocenters. The van der Waals surface area contributed by atoms with Gasteiger partial charge in [-0.05, 0) is 47.8 Å². The summed E-state index contributed by atoms with van der Waals surface area (Å²) < 4.78 is 0.899. The van der Waals surface area contributed by atoms with Gasteiger partial charge in [0.2, 0.25) is 5.91 Å². The smallest absolute Gasteiger partial charge is 0.246 e. The molecule has 1 amide bonds. The molecule has 0 radical (unpaired) electrons. The van der Waals surface area contributed by atoms with Gasteiger partial charge in [0, 0.05) is 4.47 Å². The number of aryl methyl sites for hydroxylation is 1. The molecule has 0 bridgehead atoms. The van der Waals surface area contributed by atoms with Gasteiger partial charge in [-0.3, -0.25) is 4.79 Å². The number of nitriles is 1. The maximum Gasteiger partial charge on any atom is 0.246 e. The van der Waals surface area contributed by atoms with E-state index < -0.39 is 5.41 Å². The molecule has 2 rings (SSSR count). The summed E-state index contributed by atoms with van der Waals surface area (Å²) in [6, 6.07) is 5.74. The molecular formula is C13H14BrN3O. The summed E-state index contributed by atoms with van der Waals surface area (Å²) in [4.78, 5) is 16.4. The van der Waals surface area contributed by atoms with Crippen LogP contribution in [-0.2, 0) is 4.79 Å². The minimum Gasteiger partial charge on any atom is -0.309 e. The second-order valence-electron chi connectivity index (χ2n) is 4.62. The van der Waals surface area contributed by atoms with Gasteiger partial charge in [-0.15, -0.1) is 0 Å². The molecule has 1 fully saturated rings. The zero-order chi connectivity index (χ0) is 13.2. The van der Waals surface area contributed by atoms with E-state index in [1.807, 2.05) is 13.0 Å². The Morgan fingerprint density at radius 1 is 1.50 bits per heavy atom. The third-order valence-electron chi connectivity index (χ3n) is 3.37. The summed E-state index contributed by atoms with van der Waals surface area (Å²) in [5, 5.41) is 12.0. The molecule has 1 saturated carbocycles. The maximum absolute atomic E-state index is 12.2. The van der Waals surface area contributed by atoms with Crippen molar-refractivity contribution in [2.45, 2.75) is 32.6 Å². The number of amides is 1. The van der Waals surface area contributed by atoms with E-state index in [-0.39, 0.29) is 5.91 Å². The van der Waals surface area contributed by atoms with Crippen molar-refractivity contribution < 1.29 is 4.79 Å². The average molecular weight is 308 g/mol. The first-order valence-corrected chi connectivity index (χ1v) is 6.72. The number of hydrogen-bond donors (Lipinski definition) is 1. The largest absolute Gasteiger partial charge is 0.309 e. The fourth-order valence-corrected chi connectivity index (χ4v) is 2.44. The van der Waals surface area contributed by atoms with Crippen LogP contribution in [0.15, 0.2) is 16.6 Å². The topological polar surface area (TPSA) is 65.8 Å². The van der Waals surface area contributed by atoms with Crippen LogP contribution in [0.3, 0.4) is 0 Å². The van der Waals surface area contributed by atoms with E-state index in [1.165, 1.54) is 0 Å². The number of hydrogen-bond acceptors (Lipinski definition) is 3. The number of aromatic nitrogens is 1. The lowest BCUT2D eigenvalue weighted by atomic mass is 9.87. The Bertz CT molecular complexity index is 515. The summed E-state index contributed by atoms with van der Waals surface area (Å²) >= 11 is 3.36. The Morgan fingerprint density at radius 3 is 2.72 bits per heavy atom. The van der Waals surface area contributed by atoms with Crippen LogP contribution in [-0.4, -0.2) is 10.9 Å². The van der Waals surface area contributed by atoms with Crippen molar-refractivity contribution in [3.05, 3.63) is 22.3 Å². The van der Waals surface area contributed by atoms with Crippen molar-refractivity contribution in [2.24, 2.45) is 5.41 Å². The van der Waals surface area contributed by atoms with E-state index in [1.54, 1.807) is 6.07 Å². The lowest BCUT2D eigenvalue weighted by Crippen LogP contribution is -2.32. The molecule has 1 N–H and O–H groups in total. The highest BCUT2D eigenvalue weighted by Crippen LogP contribution is 2.38. The van der Waals surface area contributed by atoms with Crippen LogP contribution < -0.4 is 5.32 Å². The summed E-state index contributed by atoms with van der Waals surface area (Å²) in [6.45, 7) is 1.86. The zero-order valence-electron chi connectivity index (χ0n) is 10.2. The van der Waals surface area contributed by atoms with Gasteiger partial charge in [-0.2, -0.15) is 5.26 Å². The van der Waals surface area contributed by atoms with Gasteiger partial charge >= 0.3 is 0 Å². The van der Waals surface area contributed by atoms with Crippen LogP contribution in [0.1, 0.15) is 31.4 Å². The van der Waals surface area contributed by atoms with Crippen molar-refractivity contribution in [3.8, 4) is 6.07 Å². The van der Waals surface area contributed by atoms with E-state index in [9.17, 15) is 10.1 Å². The van der Waals surface area contributed by atoms with Gasteiger partial charge in [-0.1, -0.05) is 12.8 Å². The van der Waals surface area contributed by atoms with Gasteiger partial charge < -0.3 is 5.32 Å². The molecule has 0 aliphatic heterocycles. The molecule has 1 aliphatic rings. The summed E-state index contributed by atoms with van der Waals surface area (Å²) in [6.07, 6.45) is 3.16. The summed E-state index contributed by atoms with van der Waals surface area (Å²) in [5.41, 5.74) is -0.0481. The van der Waals surface area contributed by atoms with Gasteiger partial charge in [-0.25, -0.2) is 4.98 Å². The van der Waals surface area contributed by atoms with Crippen molar-refractivity contribution >= 4 is 27.7 Å². The number of anilines is 1. The number of nitrogens with one attached hydrogen (secondary N) is 1. The molecule has 0 aromatic carbocycles. The molecule has 4 nitrogen and oxygen atoms in total. The van der Waals surface area contributed by atoms with Crippen molar-refractivity contribution in [1.29, 1.82) is 5.26 Å². The molecule has 0 atom stereocenters. The van der Waals surface area contributed by atoms with Crippen LogP contribution in [0.25, 0.3) is 0 Å². The van der Waals surface area contributed by atoms with Crippen LogP contribution in [0.5, 0.6) is 0 Å². The van der Waals surface area contributed by atoms with Crippen LogP contribution in [0, 0.1) is 23.7 Å². The lowest BCUT2D eigenvalue weighted by Gasteiger charge is -2.18. The van der Waals surface area contributed by atoms with E-state index in [0.717, 1.165) is 23.0 Å². The van der Waals surface area contributed by atoms with E-state index in [2.05, 4.69) is 32.3 Å². The normalized spacial score (nSPS) is 17.2. The number of pyridine rings is 1. The fourth-order valence-electron chi connectivity index (χ4n) is 2.22. The van der Waals surface area contributed by atoms with Gasteiger partial charge in [0.25, 0.3) is 0 Å². The fraction of sp³-hybridized carbons (Fsp3) is 0.462. The number of nitrogens with zero attached hydrogens (tertiary/aromatic N) is 2. The van der Waals surface area contributed by atoms with Gasteiger partial charge in [0.05, 0.1) is 11.8 Å². The Kier molecular flexibility index (Phi) is 3.67. The predicted octanol–water partition coefficient (Wildman–Crippen LogP) is 3.18. The standard InChI is InChI=1S/C13H14BrN3O/c1-9-10(14)4-5-11(16-9)17-12(18)13(8-15)6-2-3-7-13/h4-5H,2-3,6-7H2,1H3,(H,16,17,18). The highest BCUT2D eigenvalue weighted by Gasteiger charge is 2.41. The minimum absolute atomic E-state index is 0.225. The zero-order valence-corrected chi connectivity index (χ0v) is 11.7. The van der Waals surface area contributed by atoms with Crippen molar-refractivity contribution in [1.82, 2.24) is 4.98 Å². The predicted molar refractivity (Wildman–Crippen MR) is 71.8 cm³/mol. The third kappa shape index (κ3) is 2.39. The maximum atomic E-state index is 12.2. The Balaban J connectivity index is 2.16. The molecule has 1 aromatic rings. The average Bonchev–Trinajstić information content (AvgIpc) is 2.84. The monoisotopic (exact) mass is 307 g/mol. The second-order valence-corrected chi connectivity index (χ2v) is 5.47. The lowest BCUT2D eigenvalue weighted by molar-refractivity contribution is -0.122. The SMILES string of the molecule is Cc1nc(NC(=O)C2(C#N)CCCC2)ccc1Br. The van der Waals surface area contributed by atoms with Crippen LogP contribution >= 0.6 is 15.9 Å². The molecule has 1 heterocycles. The first-order chi connectivity index (χ1) is 8.57. The molecule has 18 heavy (non-hydrogen) atoms. The first-order valence-electron chi connectivity index (χ1n) is 5.93. The molecule has 1 aromatic heterocycles. The number of halogens is 1. The summed E-state index contributed by atoms with van der Waals surface area (Å²) in [7, 11) is 0. The Labute approximate surface area is 115 Å². The molecule has 94 valence electrons. The van der Waals surface area contributed by atoms with E-state index >= 15 is 0 Å². The number of carbonyl (C=O) groups is 1. The molecule has 5 heteroatoms. The first kappa shape index (κ1) is 13.0. The molecule has 1 aliphatic carbocycles. The summed E-state index contributed by atoms with van der Waals surface area (Å²) in [5.74, 6) is 0.277. The van der Waals surface area contributed by atoms with Crippen molar-refractivity contribution in [3.63, 3.8) is 0 Å². The number of carbonyl (C=O) groups excluding carboxylic acids is 1. The molecule has 0 spiro atoms. The minimum atomic E-state index is -0.858. The molecule has 0 saturated heterocycles. The number of rotatable bonds is 2. The van der Waals surface area contributed by atoms with E-state index in [4.69, 9.17) is 0 Å². The quantitative estimate of drug-likeness (QED) is 0.912. The van der Waals surface area contributed by atoms with Crippen LogP contribution in [0.4, 0.5) is 5.82 Å².